The second-order valence-electron chi connectivity index (χ2n) is 10.2. The van der Waals surface area contributed by atoms with Gasteiger partial charge in [0, 0.05) is 24.3 Å². The van der Waals surface area contributed by atoms with E-state index in [1.54, 1.807) is 4.90 Å². The molecular formula is C27H37N7O2. The van der Waals surface area contributed by atoms with Crippen molar-refractivity contribution in [1.29, 1.82) is 0 Å². The minimum absolute atomic E-state index is 0.0462. The first kappa shape index (κ1) is 24.5. The van der Waals surface area contributed by atoms with Gasteiger partial charge in [0.1, 0.15) is 11.9 Å². The number of benzene rings is 1. The summed E-state index contributed by atoms with van der Waals surface area (Å²) in [5, 5.41) is 10.1. The van der Waals surface area contributed by atoms with Crippen molar-refractivity contribution in [2.24, 2.45) is 0 Å². The molecule has 1 aromatic carbocycles. The van der Waals surface area contributed by atoms with Crippen molar-refractivity contribution in [3.8, 4) is 0 Å². The summed E-state index contributed by atoms with van der Waals surface area (Å²) in [4.78, 5) is 36.9. The fourth-order valence-corrected chi connectivity index (χ4v) is 5.46. The summed E-state index contributed by atoms with van der Waals surface area (Å²) in [6.07, 6.45) is 5.29. The zero-order valence-corrected chi connectivity index (χ0v) is 21.5. The average Bonchev–Trinajstić information content (AvgIpc) is 2.89. The van der Waals surface area contributed by atoms with Gasteiger partial charge in [-0.1, -0.05) is 6.07 Å². The Morgan fingerprint density at radius 2 is 1.89 bits per heavy atom. The molecule has 36 heavy (non-hydrogen) atoms. The molecule has 4 heterocycles. The van der Waals surface area contributed by atoms with Crippen LogP contribution in [-0.4, -0.2) is 73.7 Å². The van der Waals surface area contributed by atoms with Crippen LogP contribution in [0.5, 0.6) is 0 Å². The van der Waals surface area contributed by atoms with Crippen LogP contribution in [0.4, 0.5) is 23.0 Å². The first-order chi connectivity index (χ1) is 17.4. The van der Waals surface area contributed by atoms with Crippen molar-refractivity contribution >= 4 is 34.8 Å². The summed E-state index contributed by atoms with van der Waals surface area (Å²) >= 11 is 0. The molecule has 192 valence electrons. The molecule has 5 rings (SSSR count). The number of hydrogen-bond acceptors (Lipinski definition) is 7. The number of fused-ring (bicyclic) bond motifs is 1. The number of nitrogens with zero attached hydrogens (tertiary/aromatic N) is 4. The lowest BCUT2D eigenvalue weighted by atomic mass is 10.0. The van der Waals surface area contributed by atoms with Gasteiger partial charge in [0.15, 0.2) is 5.82 Å². The highest BCUT2D eigenvalue weighted by Crippen LogP contribution is 2.37. The van der Waals surface area contributed by atoms with E-state index in [1.165, 1.54) is 0 Å². The van der Waals surface area contributed by atoms with Gasteiger partial charge < -0.3 is 25.3 Å². The number of piperidine rings is 2. The SMILES string of the molecule is C[C@@H]1C(=O)N(C)c2ccc(Nc3cccc(C(=O)NC4CCN(C)CC4)c3)nc2N1C1CCCCN1. The summed E-state index contributed by atoms with van der Waals surface area (Å²) in [7, 11) is 3.92. The third-order valence-electron chi connectivity index (χ3n) is 7.64. The number of carbonyl (C=O) groups is 2. The van der Waals surface area contributed by atoms with Gasteiger partial charge in [-0.2, -0.15) is 0 Å². The number of pyridine rings is 1. The van der Waals surface area contributed by atoms with Crippen LogP contribution in [0.3, 0.4) is 0 Å². The highest BCUT2D eigenvalue weighted by Gasteiger charge is 2.39. The lowest BCUT2D eigenvalue weighted by Crippen LogP contribution is -2.59. The first-order valence-corrected chi connectivity index (χ1v) is 13.1. The van der Waals surface area contributed by atoms with E-state index in [2.05, 4.69) is 32.8 Å². The molecule has 9 heteroatoms. The lowest BCUT2D eigenvalue weighted by molar-refractivity contribution is -0.119. The van der Waals surface area contributed by atoms with E-state index < -0.39 is 0 Å². The van der Waals surface area contributed by atoms with Crippen molar-refractivity contribution < 1.29 is 9.59 Å². The third kappa shape index (κ3) is 5.03. The van der Waals surface area contributed by atoms with E-state index >= 15 is 0 Å². The van der Waals surface area contributed by atoms with Crippen molar-refractivity contribution in [2.45, 2.75) is 57.3 Å². The molecule has 9 nitrogen and oxygen atoms in total. The minimum atomic E-state index is -0.299. The van der Waals surface area contributed by atoms with E-state index in [-0.39, 0.29) is 30.1 Å². The summed E-state index contributed by atoms with van der Waals surface area (Å²) in [6.45, 7) is 4.90. The molecule has 0 bridgehead atoms. The summed E-state index contributed by atoms with van der Waals surface area (Å²) in [6, 6.07) is 11.3. The molecular weight excluding hydrogens is 454 g/mol. The summed E-state index contributed by atoms with van der Waals surface area (Å²) in [5.41, 5.74) is 2.24. The first-order valence-electron chi connectivity index (χ1n) is 13.1. The molecule has 2 aromatic rings. The highest BCUT2D eigenvalue weighted by atomic mass is 16.2. The predicted molar refractivity (Wildman–Crippen MR) is 143 cm³/mol. The summed E-state index contributed by atoms with van der Waals surface area (Å²) < 4.78 is 0. The number of nitrogens with one attached hydrogen (secondary N) is 3. The van der Waals surface area contributed by atoms with Gasteiger partial charge >= 0.3 is 0 Å². The number of carbonyl (C=O) groups excluding carboxylic acids is 2. The fraction of sp³-hybridized carbons (Fsp3) is 0.519. The molecule has 0 radical (unpaired) electrons. The molecule has 3 aliphatic heterocycles. The maximum atomic E-state index is 12.9. The van der Waals surface area contributed by atoms with Crippen LogP contribution in [0.1, 0.15) is 49.4 Å². The zero-order chi connectivity index (χ0) is 25.2. The molecule has 2 saturated heterocycles. The molecule has 1 aromatic heterocycles. The molecule has 0 spiro atoms. The van der Waals surface area contributed by atoms with Crippen LogP contribution < -0.4 is 25.8 Å². The maximum Gasteiger partial charge on any atom is 0.251 e. The number of anilines is 4. The second kappa shape index (κ2) is 10.4. The standard InChI is InChI=1S/C27H37N7O2/c1-18-27(36)33(3)22-10-11-23(31-25(22)34(18)24-9-4-5-14-28-24)29-21-8-6-7-19(17-21)26(35)30-20-12-15-32(2)16-13-20/h6-8,10-11,17-18,20,24,28H,4-5,9,12-16H2,1-3H3,(H,29,31)(H,30,35)/t18-,24?/m1/s1. The van der Waals surface area contributed by atoms with E-state index in [0.717, 1.165) is 68.9 Å². The second-order valence-corrected chi connectivity index (χ2v) is 10.2. The van der Waals surface area contributed by atoms with E-state index in [4.69, 9.17) is 4.98 Å². The Hall–Kier alpha value is -3.17. The average molecular weight is 492 g/mol. The molecule has 2 fully saturated rings. The van der Waals surface area contributed by atoms with Crippen molar-refractivity contribution in [3.63, 3.8) is 0 Å². The molecule has 2 atom stereocenters. The fourth-order valence-electron chi connectivity index (χ4n) is 5.46. The van der Waals surface area contributed by atoms with Crippen molar-refractivity contribution in [1.82, 2.24) is 20.5 Å². The molecule has 2 amide bonds. The van der Waals surface area contributed by atoms with Crippen LogP contribution in [0, 0.1) is 0 Å². The van der Waals surface area contributed by atoms with Crippen molar-refractivity contribution in [2.75, 3.05) is 48.8 Å². The van der Waals surface area contributed by atoms with Crippen LogP contribution in [0.25, 0.3) is 0 Å². The number of amides is 2. The van der Waals surface area contributed by atoms with Gasteiger partial charge in [-0.05, 0) is 96.0 Å². The van der Waals surface area contributed by atoms with Crippen LogP contribution >= 0.6 is 0 Å². The molecule has 1 unspecified atom stereocenters. The van der Waals surface area contributed by atoms with E-state index in [0.29, 0.717) is 11.4 Å². The Bertz CT molecular complexity index is 1110. The summed E-state index contributed by atoms with van der Waals surface area (Å²) in [5.74, 6) is 1.50. The van der Waals surface area contributed by atoms with Crippen LogP contribution in [0.15, 0.2) is 36.4 Å². The lowest BCUT2D eigenvalue weighted by Gasteiger charge is -2.45. The van der Waals surface area contributed by atoms with Gasteiger partial charge in [-0.15, -0.1) is 0 Å². The predicted octanol–water partition coefficient (Wildman–Crippen LogP) is 2.92. The number of likely N-dealkylation sites (tertiary alicyclic amines) is 1. The quantitative estimate of drug-likeness (QED) is 0.592. The van der Waals surface area contributed by atoms with E-state index in [9.17, 15) is 9.59 Å². The van der Waals surface area contributed by atoms with Crippen LogP contribution in [-0.2, 0) is 4.79 Å². The smallest absolute Gasteiger partial charge is 0.251 e. The third-order valence-corrected chi connectivity index (χ3v) is 7.64. The van der Waals surface area contributed by atoms with E-state index in [1.807, 2.05) is 50.4 Å². The van der Waals surface area contributed by atoms with Gasteiger partial charge in [-0.25, -0.2) is 4.98 Å². The normalized spacial score (nSPS) is 23.4. The molecule has 0 aliphatic carbocycles. The molecule has 3 aliphatic rings. The van der Waals surface area contributed by atoms with Gasteiger partial charge in [0.25, 0.3) is 5.91 Å². The van der Waals surface area contributed by atoms with Crippen LogP contribution in [0.2, 0.25) is 0 Å². The Balaban J connectivity index is 1.35. The highest BCUT2D eigenvalue weighted by molar-refractivity contribution is 6.04. The van der Waals surface area contributed by atoms with Gasteiger partial charge in [0.05, 0.1) is 11.9 Å². The number of aromatic nitrogens is 1. The number of hydrogen-bond donors (Lipinski definition) is 3. The molecule has 0 saturated carbocycles. The monoisotopic (exact) mass is 491 g/mol. The van der Waals surface area contributed by atoms with Crippen molar-refractivity contribution in [3.05, 3.63) is 42.0 Å². The molecule has 3 N–H and O–H groups in total. The maximum absolute atomic E-state index is 12.9. The Morgan fingerprint density at radius 3 is 2.64 bits per heavy atom. The largest absolute Gasteiger partial charge is 0.349 e. The van der Waals surface area contributed by atoms with Gasteiger partial charge in [-0.3, -0.25) is 14.9 Å². The Kier molecular flexibility index (Phi) is 7.11. The minimum Gasteiger partial charge on any atom is -0.349 e. The zero-order valence-electron chi connectivity index (χ0n) is 21.5. The number of likely N-dealkylation sites (N-methyl/N-ethyl adjacent to an activating group) is 1. The number of rotatable bonds is 5. The Labute approximate surface area is 213 Å². The topological polar surface area (TPSA) is 92.8 Å². The Morgan fingerprint density at radius 1 is 1.08 bits per heavy atom. The van der Waals surface area contributed by atoms with Gasteiger partial charge in [0.2, 0.25) is 5.91 Å².